The number of nitrogens with zero attached hydrogens (tertiary/aromatic N) is 1. The number of benzene rings is 2. The van der Waals surface area contributed by atoms with Crippen molar-refractivity contribution < 1.29 is 28.5 Å². The van der Waals surface area contributed by atoms with Gasteiger partial charge < -0.3 is 28.6 Å². The van der Waals surface area contributed by atoms with E-state index in [1.807, 2.05) is 25.1 Å². The molecule has 162 valence electrons. The van der Waals surface area contributed by atoms with E-state index in [1.165, 1.54) is 13.2 Å². The molecule has 30 heavy (non-hydrogen) atoms. The average Bonchev–Trinajstić information content (AvgIpc) is 2.76. The van der Waals surface area contributed by atoms with Crippen LogP contribution in [0, 0.1) is 0 Å². The van der Waals surface area contributed by atoms with Crippen LogP contribution in [0.2, 0.25) is 0 Å². The van der Waals surface area contributed by atoms with Crippen molar-refractivity contribution in [2.45, 2.75) is 0 Å². The van der Waals surface area contributed by atoms with Gasteiger partial charge in [-0.2, -0.15) is 0 Å². The van der Waals surface area contributed by atoms with Crippen LogP contribution in [0.1, 0.15) is 15.9 Å². The van der Waals surface area contributed by atoms with Crippen molar-refractivity contribution in [3.8, 4) is 28.7 Å². The quantitative estimate of drug-likeness (QED) is 0.411. The lowest BCUT2D eigenvalue weighted by Gasteiger charge is -2.16. The molecule has 2 aromatic carbocycles. The van der Waals surface area contributed by atoms with Crippen LogP contribution in [-0.2, 0) is 0 Å². The summed E-state index contributed by atoms with van der Waals surface area (Å²) in [5.41, 5.74) is 1.14. The van der Waals surface area contributed by atoms with E-state index in [0.29, 0.717) is 47.5 Å². The van der Waals surface area contributed by atoms with E-state index in [9.17, 15) is 4.79 Å². The third-order valence-corrected chi connectivity index (χ3v) is 4.37. The summed E-state index contributed by atoms with van der Waals surface area (Å²) in [5.74, 6) is 2.30. The first kappa shape index (κ1) is 23.1. The monoisotopic (exact) mass is 415 g/mol. The lowest BCUT2D eigenvalue weighted by atomic mass is 10.1. The second-order valence-corrected chi connectivity index (χ2v) is 6.67. The molecule has 0 unspecified atom stereocenters. The summed E-state index contributed by atoms with van der Waals surface area (Å²) in [6.45, 7) is 1.12. The van der Waals surface area contributed by atoms with Gasteiger partial charge in [0, 0.05) is 18.7 Å². The molecular weight excluding hydrogens is 386 g/mol. The highest BCUT2D eigenvalue weighted by Gasteiger charge is 2.19. The number of carbonyl (C=O) groups excluding carboxylic acids is 1. The fourth-order valence-electron chi connectivity index (χ4n) is 2.75. The molecule has 0 aliphatic heterocycles. The van der Waals surface area contributed by atoms with Crippen molar-refractivity contribution in [1.29, 1.82) is 0 Å². The summed E-state index contributed by atoms with van der Waals surface area (Å²) in [4.78, 5) is 15.0. The van der Waals surface area contributed by atoms with Gasteiger partial charge in [0.05, 0.1) is 28.4 Å². The molecule has 0 aliphatic carbocycles. The van der Waals surface area contributed by atoms with Gasteiger partial charge in [-0.25, -0.2) is 0 Å². The normalized spacial score (nSPS) is 10.9. The van der Waals surface area contributed by atoms with E-state index in [4.69, 9.17) is 23.7 Å². The maximum Gasteiger partial charge on any atom is 0.193 e. The molecule has 0 atom stereocenters. The second-order valence-electron chi connectivity index (χ2n) is 6.67. The molecule has 0 saturated carbocycles. The van der Waals surface area contributed by atoms with Crippen LogP contribution in [0.25, 0.3) is 6.08 Å². The van der Waals surface area contributed by atoms with Gasteiger partial charge in [0.15, 0.2) is 17.3 Å². The summed E-state index contributed by atoms with van der Waals surface area (Å²) in [7, 11) is 10.1. The Hall–Kier alpha value is -3.19. The predicted molar refractivity (Wildman–Crippen MR) is 117 cm³/mol. The second kappa shape index (κ2) is 11.1. The van der Waals surface area contributed by atoms with Gasteiger partial charge in [-0.3, -0.25) is 4.79 Å². The van der Waals surface area contributed by atoms with Crippen molar-refractivity contribution in [1.82, 2.24) is 4.90 Å². The zero-order valence-electron chi connectivity index (χ0n) is 18.4. The summed E-state index contributed by atoms with van der Waals surface area (Å²) < 4.78 is 27.2. The van der Waals surface area contributed by atoms with Crippen LogP contribution in [0.5, 0.6) is 28.7 Å². The number of ketones is 1. The molecular formula is C23H29NO6. The lowest BCUT2D eigenvalue weighted by molar-refractivity contribution is 0.104. The van der Waals surface area contributed by atoms with E-state index >= 15 is 0 Å². The standard InChI is InChI=1S/C23H29NO6/c1-24(2)11-12-30-22-15-17(26-3)14-21(29-6)23(22)18(25)9-7-16-8-10-19(27-4)20(13-16)28-5/h7-10,13-15H,11-12H2,1-6H3. The van der Waals surface area contributed by atoms with Crippen molar-refractivity contribution in [2.24, 2.45) is 0 Å². The average molecular weight is 415 g/mol. The summed E-state index contributed by atoms with van der Waals surface area (Å²) in [6.07, 6.45) is 3.18. The van der Waals surface area contributed by atoms with Gasteiger partial charge in [-0.1, -0.05) is 12.1 Å². The highest BCUT2D eigenvalue weighted by molar-refractivity contribution is 6.10. The van der Waals surface area contributed by atoms with Crippen LogP contribution in [0.3, 0.4) is 0 Å². The SMILES string of the molecule is COc1cc(OC)c(C(=O)C=Cc2ccc(OC)c(OC)c2)c(OCCN(C)C)c1. The molecule has 7 nitrogen and oxygen atoms in total. The largest absolute Gasteiger partial charge is 0.496 e. The number of likely N-dealkylation sites (N-methyl/N-ethyl adjacent to an activating group) is 1. The molecule has 7 heteroatoms. The van der Waals surface area contributed by atoms with Gasteiger partial charge in [-0.05, 0) is 37.9 Å². The predicted octanol–water partition coefficient (Wildman–Crippen LogP) is 3.56. The van der Waals surface area contributed by atoms with E-state index < -0.39 is 0 Å². The molecule has 2 aromatic rings. The number of allylic oxidation sites excluding steroid dienone is 1. The van der Waals surface area contributed by atoms with E-state index in [1.54, 1.807) is 51.7 Å². The maximum atomic E-state index is 13.0. The minimum absolute atomic E-state index is 0.246. The van der Waals surface area contributed by atoms with Crippen LogP contribution in [-0.4, -0.2) is 66.4 Å². The summed E-state index contributed by atoms with van der Waals surface area (Å²) >= 11 is 0. The first-order valence-corrected chi connectivity index (χ1v) is 9.41. The van der Waals surface area contributed by atoms with Gasteiger partial charge in [0.25, 0.3) is 0 Å². The molecule has 0 saturated heterocycles. The number of hydrogen-bond donors (Lipinski definition) is 0. The molecule has 0 spiro atoms. The van der Waals surface area contributed by atoms with E-state index in [-0.39, 0.29) is 5.78 Å². The summed E-state index contributed by atoms with van der Waals surface area (Å²) in [5, 5.41) is 0. The third-order valence-electron chi connectivity index (χ3n) is 4.37. The van der Waals surface area contributed by atoms with Gasteiger partial charge in [-0.15, -0.1) is 0 Å². The molecule has 0 fully saturated rings. The lowest BCUT2D eigenvalue weighted by Crippen LogP contribution is -2.20. The highest BCUT2D eigenvalue weighted by Crippen LogP contribution is 2.35. The molecule has 0 aromatic heterocycles. The van der Waals surface area contributed by atoms with Crippen LogP contribution in [0.4, 0.5) is 0 Å². The zero-order chi connectivity index (χ0) is 22.1. The molecule has 0 heterocycles. The molecule has 0 bridgehead atoms. The van der Waals surface area contributed by atoms with Gasteiger partial charge in [0.2, 0.25) is 0 Å². The number of hydrogen-bond acceptors (Lipinski definition) is 7. The van der Waals surface area contributed by atoms with Crippen molar-refractivity contribution in [3.63, 3.8) is 0 Å². The van der Waals surface area contributed by atoms with Crippen molar-refractivity contribution >= 4 is 11.9 Å². The first-order valence-electron chi connectivity index (χ1n) is 9.41. The number of rotatable bonds is 11. The topological polar surface area (TPSA) is 66.5 Å². The van der Waals surface area contributed by atoms with Crippen LogP contribution >= 0.6 is 0 Å². The fourth-order valence-corrected chi connectivity index (χ4v) is 2.75. The number of methoxy groups -OCH3 is 4. The Morgan fingerprint density at radius 3 is 2.13 bits per heavy atom. The van der Waals surface area contributed by atoms with Crippen LogP contribution < -0.4 is 23.7 Å². The zero-order valence-corrected chi connectivity index (χ0v) is 18.4. The highest BCUT2D eigenvalue weighted by atomic mass is 16.5. The van der Waals surface area contributed by atoms with Crippen molar-refractivity contribution in [2.75, 3.05) is 55.7 Å². The Balaban J connectivity index is 2.35. The number of carbonyl (C=O) groups is 1. The van der Waals surface area contributed by atoms with Gasteiger partial charge in [0.1, 0.15) is 29.4 Å². The fraction of sp³-hybridized carbons (Fsp3) is 0.348. The molecule has 2 rings (SSSR count). The van der Waals surface area contributed by atoms with E-state index in [0.717, 1.165) is 5.56 Å². The Labute approximate surface area is 177 Å². The molecule has 0 amide bonds. The number of ether oxygens (including phenoxy) is 5. The minimum atomic E-state index is -0.246. The molecule has 0 aliphatic rings. The first-order chi connectivity index (χ1) is 14.4. The van der Waals surface area contributed by atoms with Crippen LogP contribution in [0.15, 0.2) is 36.4 Å². The third kappa shape index (κ3) is 5.90. The van der Waals surface area contributed by atoms with E-state index in [2.05, 4.69) is 0 Å². The molecule has 0 radical (unpaired) electrons. The Kier molecular flexibility index (Phi) is 8.55. The Bertz CT molecular complexity index is 892. The summed E-state index contributed by atoms with van der Waals surface area (Å²) in [6, 6.07) is 8.77. The minimum Gasteiger partial charge on any atom is -0.496 e. The van der Waals surface area contributed by atoms with Crippen molar-refractivity contribution in [3.05, 3.63) is 47.5 Å². The maximum absolute atomic E-state index is 13.0. The Morgan fingerprint density at radius 1 is 0.867 bits per heavy atom. The smallest absolute Gasteiger partial charge is 0.193 e. The van der Waals surface area contributed by atoms with Gasteiger partial charge >= 0.3 is 0 Å². The molecule has 0 N–H and O–H groups in total. The Morgan fingerprint density at radius 2 is 1.53 bits per heavy atom.